The second-order valence-corrected chi connectivity index (χ2v) is 8.01. The summed E-state index contributed by atoms with van der Waals surface area (Å²) >= 11 is 0. The van der Waals surface area contributed by atoms with Gasteiger partial charge in [-0.15, -0.1) is 0 Å². The summed E-state index contributed by atoms with van der Waals surface area (Å²) in [6.07, 6.45) is 3.64. The Morgan fingerprint density at radius 1 is 0.769 bits per heavy atom. The van der Waals surface area contributed by atoms with Crippen LogP contribution in [0.25, 0.3) is 0 Å². The van der Waals surface area contributed by atoms with E-state index in [4.69, 9.17) is 9.47 Å². The van der Waals surface area contributed by atoms with Crippen LogP contribution in [0.5, 0.6) is 0 Å². The van der Waals surface area contributed by atoms with Gasteiger partial charge in [0.15, 0.2) is 0 Å². The second-order valence-electron chi connectivity index (χ2n) is 8.01. The van der Waals surface area contributed by atoms with Crippen molar-refractivity contribution in [2.45, 2.75) is 38.9 Å². The highest BCUT2D eigenvalue weighted by molar-refractivity contribution is 5.91. The van der Waals surface area contributed by atoms with Crippen LogP contribution in [-0.2, 0) is 27.5 Å². The molecule has 0 unspecified atom stereocenters. The molecular formula is C23H26O3. The molecule has 2 saturated carbocycles. The summed E-state index contributed by atoms with van der Waals surface area (Å²) in [5.41, 5.74) is 2.30. The largest absolute Gasteiger partial charge is 0.376 e. The van der Waals surface area contributed by atoms with Crippen LogP contribution in [-0.4, -0.2) is 19.0 Å². The highest BCUT2D eigenvalue weighted by Gasteiger charge is 2.62. The van der Waals surface area contributed by atoms with E-state index in [2.05, 4.69) is 24.3 Å². The molecule has 0 aliphatic heterocycles. The topological polar surface area (TPSA) is 35.5 Å². The minimum Gasteiger partial charge on any atom is -0.376 e. The summed E-state index contributed by atoms with van der Waals surface area (Å²) < 4.78 is 12.1. The standard InChI is InChI=1S/C23H26O3/c24-21-11-12-23(21)15-22(16-23,17-25-13-19-7-3-1-4-8-19)18-26-14-20-9-5-2-6-10-20/h1-10H,11-18H2. The first kappa shape index (κ1) is 17.4. The van der Waals surface area contributed by atoms with Crippen molar-refractivity contribution in [3.63, 3.8) is 0 Å². The van der Waals surface area contributed by atoms with Gasteiger partial charge in [-0.3, -0.25) is 4.79 Å². The first-order valence-corrected chi connectivity index (χ1v) is 9.47. The van der Waals surface area contributed by atoms with E-state index < -0.39 is 0 Å². The summed E-state index contributed by atoms with van der Waals surface area (Å²) in [6.45, 7) is 2.54. The molecule has 3 heteroatoms. The number of hydrogen-bond donors (Lipinski definition) is 0. The van der Waals surface area contributed by atoms with E-state index in [0.717, 1.165) is 25.7 Å². The molecule has 2 aromatic carbocycles. The summed E-state index contributed by atoms with van der Waals surface area (Å²) in [6, 6.07) is 20.5. The normalized spacial score (nSPS) is 19.8. The molecule has 0 N–H and O–H groups in total. The van der Waals surface area contributed by atoms with Gasteiger partial charge in [0.05, 0.1) is 26.4 Å². The zero-order chi connectivity index (χ0) is 17.9. The number of ether oxygens (including phenoxy) is 2. The molecule has 1 spiro atoms. The Hall–Kier alpha value is -1.97. The Morgan fingerprint density at radius 2 is 1.27 bits per heavy atom. The quantitative estimate of drug-likeness (QED) is 0.701. The lowest BCUT2D eigenvalue weighted by Crippen LogP contribution is -2.59. The fourth-order valence-corrected chi connectivity index (χ4v) is 4.50. The third kappa shape index (κ3) is 3.60. The Labute approximate surface area is 155 Å². The minimum atomic E-state index is -0.0494. The van der Waals surface area contributed by atoms with Crippen LogP contribution in [0.2, 0.25) is 0 Å². The first-order valence-electron chi connectivity index (χ1n) is 9.47. The third-order valence-corrected chi connectivity index (χ3v) is 5.89. The molecule has 0 bridgehead atoms. The predicted octanol–water partition coefficient (Wildman–Crippen LogP) is 4.55. The lowest BCUT2D eigenvalue weighted by Gasteiger charge is -2.59. The second kappa shape index (κ2) is 7.34. The van der Waals surface area contributed by atoms with Gasteiger partial charge in [0.1, 0.15) is 5.78 Å². The molecule has 4 rings (SSSR count). The van der Waals surface area contributed by atoms with Crippen molar-refractivity contribution in [2.24, 2.45) is 10.8 Å². The number of Topliss-reactive ketones (excluding diaryl/α,β-unsaturated/α-hetero) is 1. The lowest BCUT2D eigenvalue weighted by atomic mass is 9.45. The van der Waals surface area contributed by atoms with Crippen LogP contribution in [0, 0.1) is 10.8 Å². The number of benzene rings is 2. The number of rotatable bonds is 8. The van der Waals surface area contributed by atoms with Crippen molar-refractivity contribution >= 4 is 5.78 Å². The van der Waals surface area contributed by atoms with Crippen LogP contribution in [0.4, 0.5) is 0 Å². The highest BCUT2D eigenvalue weighted by atomic mass is 16.5. The molecule has 0 atom stereocenters. The van der Waals surface area contributed by atoms with Crippen molar-refractivity contribution < 1.29 is 14.3 Å². The van der Waals surface area contributed by atoms with Gasteiger partial charge in [0, 0.05) is 17.3 Å². The van der Waals surface area contributed by atoms with E-state index in [1.54, 1.807) is 0 Å². The number of carbonyl (C=O) groups excluding carboxylic acids is 1. The Morgan fingerprint density at radius 3 is 1.65 bits per heavy atom. The summed E-state index contributed by atoms with van der Waals surface area (Å²) in [4.78, 5) is 12.0. The molecule has 2 aliphatic rings. The van der Waals surface area contributed by atoms with Gasteiger partial charge >= 0.3 is 0 Å². The Bertz CT molecular complexity index is 685. The molecule has 3 nitrogen and oxygen atoms in total. The number of carbonyl (C=O) groups is 1. The molecule has 26 heavy (non-hydrogen) atoms. The van der Waals surface area contributed by atoms with Gasteiger partial charge in [0.2, 0.25) is 0 Å². The van der Waals surface area contributed by atoms with Crippen molar-refractivity contribution in [2.75, 3.05) is 13.2 Å². The van der Waals surface area contributed by atoms with E-state index in [0.29, 0.717) is 32.2 Å². The average Bonchev–Trinajstić information content (AvgIpc) is 2.65. The molecule has 0 radical (unpaired) electrons. The monoisotopic (exact) mass is 350 g/mol. The summed E-state index contributed by atoms with van der Waals surface area (Å²) in [5, 5.41) is 0. The molecule has 0 heterocycles. The van der Waals surface area contributed by atoms with Gasteiger partial charge in [-0.2, -0.15) is 0 Å². The SMILES string of the molecule is O=C1CCC12CC(COCc1ccccc1)(COCc1ccccc1)C2. The van der Waals surface area contributed by atoms with Crippen LogP contribution in [0.3, 0.4) is 0 Å². The third-order valence-electron chi connectivity index (χ3n) is 5.89. The molecular weight excluding hydrogens is 324 g/mol. The average molecular weight is 350 g/mol. The predicted molar refractivity (Wildman–Crippen MR) is 101 cm³/mol. The van der Waals surface area contributed by atoms with E-state index in [-0.39, 0.29) is 10.8 Å². The van der Waals surface area contributed by atoms with Gasteiger partial charge in [-0.25, -0.2) is 0 Å². The van der Waals surface area contributed by atoms with E-state index in [1.165, 1.54) is 11.1 Å². The molecule has 2 aromatic rings. The van der Waals surface area contributed by atoms with Crippen molar-refractivity contribution in [3.05, 3.63) is 71.8 Å². The molecule has 0 amide bonds. The summed E-state index contributed by atoms with van der Waals surface area (Å²) in [5.74, 6) is 0.444. The van der Waals surface area contributed by atoms with E-state index >= 15 is 0 Å². The van der Waals surface area contributed by atoms with Gasteiger partial charge < -0.3 is 9.47 Å². The van der Waals surface area contributed by atoms with Crippen LogP contribution in [0.15, 0.2) is 60.7 Å². The van der Waals surface area contributed by atoms with E-state index in [9.17, 15) is 4.79 Å². The molecule has 0 saturated heterocycles. The molecule has 136 valence electrons. The van der Waals surface area contributed by atoms with Crippen LogP contribution < -0.4 is 0 Å². The van der Waals surface area contributed by atoms with Gasteiger partial charge in [0.25, 0.3) is 0 Å². The van der Waals surface area contributed by atoms with Gasteiger partial charge in [-0.1, -0.05) is 60.7 Å². The fourth-order valence-electron chi connectivity index (χ4n) is 4.50. The Balaban J connectivity index is 1.32. The lowest BCUT2D eigenvalue weighted by molar-refractivity contribution is -0.181. The first-order chi connectivity index (χ1) is 12.7. The van der Waals surface area contributed by atoms with Gasteiger partial charge in [-0.05, 0) is 30.4 Å². The molecule has 0 aromatic heterocycles. The maximum absolute atomic E-state index is 12.0. The van der Waals surface area contributed by atoms with Crippen LogP contribution >= 0.6 is 0 Å². The summed E-state index contributed by atoms with van der Waals surface area (Å²) in [7, 11) is 0. The fraction of sp³-hybridized carbons (Fsp3) is 0.435. The number of ketones is 1. The smallest absolute Gasteiger partial charge is 0.139 e. The van der Waals surface area contributed by atoms with Crippen molar-refractivity contribution in [1.82, 2.24) is 0 Å². The number of hydrogen-bond acceptors (Lipinski definition) is 3. The van der Waals surface area contributed by atoms with Crippen molar-refractivity contribution in [1.29, 1.82) is 0 Å². The van der Waals surface area contributed by atoms with Crippen LogP contribution in [0.1, 0.15) is 36.8 Å². The zero-order valence-electron chi connectivity index (χ0n) is 15.2. The van der Waals surface area contributed by atoms with E-state index in [1.807, 2.05) is 36.4 Å². The minimum absolute atomic E-state index is 0.0142. The highest BCUT2D eigenvalue weighted by Crippen LogP contribution is 2.62. The zero-order valence-corrected chi connectivity index (χ0v) is 15.2. The Kier molecular flexibility index (Phi) is 4.92. The molecule has 2 aliphatic carbocycles. The maximum atomic E-state index is 12.0. The van der Waals surface area contributed by atoms with Crippen molar-refractivity contribution in [3.8, 4) is 0 Å². The molecule has 2 fully saturated rings. The maximum Gasteiger partial charge on any atom is 0.139 e.